The van der Waals surface area contributed by atoms with Crippen molar-refractivity contribution < 1.29 is 14.3 Å². The molecule has 0 aliphatic heterocycles. The summed E-state index contributed by atoms with van der Waals surface area (Å²) in [4.78, 5) is 17.7. The van der Waals surface area contributed by atoms with Gasteiger partial charge in [-0.05, 0) is 38.1 Å². The first-order chi connectivity index (χ1) is 12.7. The molecule has 5 nitrogen and oxygen atoms in total. The van der Waals surface area contributed by atoms with E-state index in [-0.39, 0.29) is 12.5 Å². The Bertz CT molecular complexity index is 861. The second-order valence-electron chi connectivity index (χ2n) is 5.53. The standard InChI is InChI=1S/C20H20N2O3S/c1-3-24-16-9-11-17(12-10-16)25-13-18(23)21-20-22-19(14(2)26-20)15-7-5-4-6-8-15/h4-12H,3,13H2,1-2H3,(H,21,22,23). The molecule has 0 bridgehead atoms. The van der Waals surface area contributed by atoms with Gasteiger partial charge < -0.3 is 9.47 Å². The number of anilines is 1. The van der Waals surface area contributed by atoms with Crippen LogP contribution >= 0.6 is 11.3 Å². The average molecular weight is 368 g/mol. The molecular weight excluding hydrogens is 348 g/mol. The summed E-state index contributed by atoms with van der Waals surface area (Å²) >= 11 is 1.45. The molecule has 2 aromatic carbocycles. The van der Waals surface area contributed by atoms with Crippen molar-refractivity contribution in [2.75, 3.05) is 18.5 Å². The Labute approximate surface area is 156 Å². The van der Waals surface area contributed by atoms with Crippen LogP contribution in [0.25, 0.3) is 11.3 Å². The zero-order chi connectivity index (χ0) is 18.4. The predicted octanol–water partition coefficient (Wildman–Crippen LogP) is 4.53. The highest BCUT2D eigenvalue weighted by Crippen LogP contribution is 2.30. The zero-order valence-electron chi connectivity index (χ0n) is 14.7. The predicted molar refractivity (Wildman–Crippen MR) is 104 cm³/mol. The first-order valence-corrected chi connectivity index (χ1v) is 9.15. The molecule has 0 unspecified atom stereocenters. The number of rotatable bonds is 7. The molecule has 0 fully saturated rings. The van der Waals surface area contributed by atoms with E-state index in [1.165, 1.54) is 11.3 Å². The number of hydrogen-bond acceptors (Lipinski definition) is 5. The molecule has 1 N–H and O–H groups in total. The van der Waals surface area contributed by atoms with Gasteiger partial charge in [-0.2, -0.15) is 0 Å². The van der Waals surface area contributed by atoms with Crippen LogP contribution in [0.1, 0.15) is 11.8 Å². The Kier molecular flexibility index (Phi) is 5.86. The lowest BCUT2D eigenvalue weighted by atomic mass is 10.1. The first kappa shape index (κ1) is 17.9. The number of carbonyl (C=O) groups is 1. The number of ether oxygens (including phenoxy) is 2. The molecule has 0 saturated heterocycles. The van der Waals surface area contributed by atoms with Crippen LogP contribution in [0.3, 0.4) is 0 Å². The number of nitrogens with zero attached hydrogens (tertiary/aromatic N) is 1. The average Bonchev–Trinajstić information content (AvgIpc) is 3.02. The summed E-state index contributed by atoms with van der Waals surface area (Å²) in [5.41, 5.74) is 1.92. The molecule has 0 aliphatic rings. The van der Waals surface area contributed by atoms with E-state index in [4.69, 9.17) is 9.47 Å². The fourth-order valence-electron chi connectivity index (χ4n) is 2.42. The van der Waals surface area contributed by atoms with Crippen molar-refractivity contribution in [2.24, 2.45) is 0 Å². The maximum absolute atomic E-state index is 12.1. The van der Waals surface area contributed by atoms with Crippen LogP contribution in [0.15, 0.2) is 54.6 Å². The SMILES string of the molecule is CCOc1ccc(OCC(=O)Nc2nc(-c3ccccc3)c(C)s2)cc1. The van der Waals surface area contributed by atoms with Gasteiger partial charge in [0, 0.05) is 10.4 Å². The minimum Gasteiger partial charge on any atom is -0.494 e. The third kappa shape index (κ3) is 4.61. The Morgan fingerprint density at radius 2 is 1.69 bits per heavy atom. The van der Waals surface area contributed by atoms with Crippen molar-refractivity contribution in [3.63, 3.8) is 0 Å². The maximum Gasteiger partial charge on any atom is 0.264 e. The molecule has 0 saturated carbocycles. The third-order valence-corrected chi connectivity index (χ3v) is 4.48. The van der Waals surface area contributed by atoms with Crippen LogP contribution < -0.4 is 14.8 Å². The molecule has 1 heterocycles. The van der Waals surface area contributed by atoms with E-state index < -0.39 is 0 Å². The molecule has 6 heteroatoms. The van der Waals surface area contributed by atoms with Gasteiger partial charge in [0.05, 0.1) is 12.3 Å². The van der Waals surface area contributed by atoms with Crippen LogP contribution in [-0.4, -0.2) is 24.1 Å². The number of nitrogens with one attached hydrogen (secondary N) is 1. The van der Waals surface area contributed by atoms with Crippen molar-refractivity contribution in [1.82, 2.24) is 4.98 Å². The molecule has 1 amide bonds. The Balaban J connectivity index is 1.57. The van der Waals surface area contributed by atoms with Crippen LogP contribution in [0.5, 0.6) is 11.5 Å². The highest BCUT2D eigenvalue weighted by atomic mass is 32.1. The topological polar surface area (TPSA) is 60.5 Å². The van der Waals surface area contributed by atoms with Gasteiger partial charge >= 0.3 is 0 Å². The van der Waals surface area contributed by atoms with E-state index in [0.717, 1.165) is 21.9 Å². The van der Waals surface area contributed by atoms with Gasteiger partial charge in [-0.3, -0.25) is 10.1 Å². The molecular formula is C20H20N2O3S. The van der Waals surface area contributed by atoms with Crippen molar-refractivity contribution in [3.05, 3.63) is 59.5 Å². The first-order valence-electron chi connectivity index (χ1n) is 8.34. The van der Waals surface area contributed by atoms with E-state index in [9.17, 15) is 4.79 Å². The lowest BCUT2D eigenvalue weighted by molar-refractivity contribution is -0.118. The van der Waals surface area contributed by atoms with Crippen molar-refractivity contribution in [3.8, 4) is 22.8 Å². The molecule has 0 spiro atoms. The summed E-state index contributed by atoms with van der Waals surface area (Å²) in [5.74, 6) is 1.15. The lowest BCUT2D eigenvalue weighted by Crippen LogP contribution is -2.20. The highest BCUT2D eigenvalue weighted by Gasteiger charge is 2.12. The number of aryl methyl sites for hydroxylation is 1. The summed E-state index contributed by atoms with van der Waals surface area (Å²) in [6.45, 7) is 4.46. The van der Waals surface area contributed by atoms with E-state index in [0.29, 0.717) is 17.5 Å². The van der Waals surface area contributed by atoms with E-state index in [2.05, 4.69) is 10.3 Å². The number of hydrogen-bond donors (Lipinski definition) is 1. The van der Waals surface area contributed by atoms with Gasteiger partial charge in [-0.15, -0.1) is 11.3 Å². The lowest BCUT2D eigenvalue weighted by Gasteiger charge is -2.07. The Morgan fingerprint density at radius 3 is 2.35 bits per heavy atom. The van der Waals surface area contributed by atoms with Gasteiger partial charge in [-0.25, -0.2) is 4.98 Å². The Hall–Kier alpha value is -2.86. The highest BCUT2D eigenvalue weighted by molar-refractivity contribution is 7.16. The second-order valence-corrected chi connectivity index (χ2v) is 6.73. The number of aromatic nitrogens is 1. The van der Waals surface area contributed by atoms with Crippen LogP contribution in [0.2, 0.25) is 0 Å². The molecule has 0 radical (unpaired) electrons. The quantitative estimate of drug-likeness (QED) is 0.665. The fraction of sp³-hybridized carbons (Fsp3) is 0.200. The molecule has 3 aromatic rings. The largest absolute Gasteiger partial charge is 0.494 e. The van der Waals surface area contributed by atoms with Gasteiger partial charge in [0.1, 0.15) is 11.5 Å². The summed E-state index contributed by atoms with van der Waals surface area (Å²) < 4.78 is 10.9. The molecule has 0 aliphatic carbocycles. The van der Waals surface area contributed by atoms with Crippen LogP contribution in [0.4, 0.5) is 5.13 Å². The normalized spacial score (nSPS) is 10.4. The molecule has 1 aromatic heterocycles. The van der Waals surface area contributed by atoms with Gasteiger partial charge in [0.25, 0.3) is 5.91 Å². The minimum absolute atomic E-state index is 0.0761. The van der Waals surface area contributed by atoms with Crippen molar-refractivity contribution in [2.45, 2.75) is 13.8 Å². The minimum atomic E-state index is -0.243. The van der Waals surface area contributed by atoms with E-state index >= 15 is 0 Å². The van der Waals surface area contributed by atoms with Gasteiger partial charge in [0.2, 0.25) is 0 Å². The van der Waals surface area contributed by atoms with Crippen LogP contribution in [-0.2, 0) is 4.79 Å². The molecule has 26 heavy (non-hydrogen) atoms. The maximum atomic E-state index is 12.1. The van der Waals surface area contributed by atoms with Crippen LogP contribution in [0, 0.1) is 6.92 Å². The zero-order valence-corrected chi connectivity index (χ0v) is 15.5. The molecule has 3 rings (SSSR count). The van der Waals surface area contributed by atoms with Crippen molar-refractivity contribution >= 4 is 22.4 Å². The van der Waals surface area contributed by atoms with Crippen molar-refractivity contribution in [1.29, 1.82) is 0 Å². The number of amides is 1. The number of carbonyl (C=O) groups excluding carboxylic acids is 1. The molecule has 134 valence electrons. The van der Waals surface area contributed by atoms with Gasteiger partial charge in [0.15, 0.2) is 11.7 Å². The van der Waals surface area contributed by atoms with E-state index in [1.54, 1.807) is 12.1 Å². The monoisotopic (exact) mass is 368 g/mol. The number of benzene rings is 2. The number of thiazole rings is 1. The summed E-state index contributed by atoms with van der Waals surface area (Å²) in [7, 11) is 0. The Morgan fingerprint density at radius 1 is 1.04 bits per heavy atom. The van der Waals surface area contributed by atoms with E-state index in [1.807, 2.05) is 56.3 Å². The second kappa shape index (κ2) is 8.49. The van der Waals surface area contributed by atoms with Gasteiger partial charge in [-0.1, -0.05) is 30.3 Å². The fourth-order valence-corrected chi connectivity index (χ4v) is 3.27. The smallest absolute Gasteiger partial charge is 0.264 e. The summed E-state index contributed by atoms with van der Waals surface area (Å²) in [6, 6.07) is 17.1. The summed E-state index contributed by atoms with van der Waals surface area (Å²) in [5, 5.41) is 3.36. The summed E-state index contributed by atoms with van der Waals surface area (Å²) in [6.07, 6.45) is 0. The third-order valence-electron chi connectivity index (χ3n) is 3.59. The molecule has 0 atom stereocenters.